The molecule has 0 unspecified atom stereocenters. The molecule has 0 amide bonds. The first-order chi connectivity index (χ1) is 29.7. The summed E-state index contributed by atoms with van der Waals surface area (Å²) in [5.74, 6) is 0. The maximum atomic E-state index is 10.4. The van der Waals surface area contributed by atoms with Crippen LogP contribution in [0.5, 0.6) is 0 Å². The fourth-order valence-corrected chi connectivity index (χ4v) is 9.70. The third kappa shape index (κ3) is 4.61. The van der Waals surface area contributed by atoms with E-state index < -0.39 is 0 Å². The molecule has 0 N–H and O–H groups in total. The van der Waals surface area contributed by atoms with Crippen molar-refractivity contribution in [2.24, 2.45) is 0 Å². The van der Waals surface area contributed by atoms with Crippen molar-refractivity contribution in [3.63, 3.8) is 0 Å². The molecule has 13 rings (SSSR count). The molecule has 0 aliphatic rings. The first-order valence-electron chi connectivity index (χ1n) is 20.1. The van der Waals surface area contributed by atoms with Crippen molar-refractivity contribution in [2.75, 3.05) is 0 Å². The Labute approximate surface area is 342 Å². The molecule has 5 nitrogen and oxygen atoms in total. The highest BCUT2D eigenvalue weighted by atomic mass is 16.3. The molecule has 0 saturated carbocycles. The minimum absolute atomic E-state index is 0.603. The number of para-hydroxylation sites is 4. The fourth-order valence-electron chi connectivity index (χ4n) is 9.70. The van der Waals surface area contributed by atoms with Crippen LogP contribution in [0.1, 0.15) is 5.56 Å². The molecule has 0 atom stereocenters. The Morgan fingerprint density at radius 2 is 0.800 bits per heavy atom. The lowest BCUT2D eigenvalue weighted by molar-refractivity contribution is 0.672. The Morgan fingerprint density at radius 3 is 1.33 bits per heavy atom. The number of hydrogen-bond donors (Lipinski definition) is 0. The van der Waals surface area contributed by atoms with Crippen LogP contribution in [-0.4, -0.2) is 9.13 Å². The van der Waals surface area contributed by atoms with Crippen molar-refractivity contribution in [3.8, 4) is 39.7 Å². The number of fused-ring (bicyclic) bond motifs is 14. The summed E-state index contributed by atoms with van der Waals surface area (Å²) in [6.45, 7) is 0. The highest BCUT2D eigenvalue weighted by Crippen LogP contribution is 2.44. The van der Waals surface area contributed by atoms with Gasteiger partial charge in [-0.3, -0.25) is 0 Å². The van der Waals surface area contributed by atoms with Crippen molar-refractivity contribution >= 4 is 87.5 Å². The summed E-state index contributed by atoms with van der Waals surface area (Å²) in [4.78, 5) is 0. The van der Waals surface area contributed by atoms with Crippen molar-refractivity contribution in [1.29, 1.82) is 5.26 Å². The van der Waals surface area contributed by atoms with Crippen LogP contribution in [0.3, 0.4) is 0 Å². The van der Waals surface area contributed by atoms with Crippen LogP contribution in [0.2, 0.25) is 0 Å². The van der Waals surface area contributed by atoms with Gasteiger partial charge in [-0.15, -0.1) is 0 Å². The molecule has 13 aromatic rings. The van der Waals surface area contributed by atoms with Gasteiger partial charge in [0, 0.05) is 43.7 Å². The summed E-state index contributed by atoms with van der Waals surface area (Å²) in [7, 11) is 0. The van der Waals surface area contributed by atoms with Gasteiger partial charge in [-0.25, -0.2) is 0 Å². The summed E-state index contributed by atoms with van der Waals surface area (Å²) < 4.78 is 18.1. The number of nitriles is 1. The van der Waals surface area contributed by atoms with E-state index in [0.717, 1.165) is 121 Å². The predicted octanol–water partition coefficient (Wildman–Crippen LogP) is 14.9. The largest absolute Gasteiger partial charge is 0.455 e. The third-order valence-corrected chi connectivity index (χ3v) is 12.3. The normalized spacial score (nSPS) is 12.0. The number of benzene rings is 9. The van der Waals surface area contributed by atoms with Gasteiger partial charge in [-0.1, -0.05) is 103 Å². The van der Waals surface area contributed by atoms with Crippen LogP contribution >= 0.6 is 0 Å². The minimum Gasteiger partial charge on any atom is -0.455 e. The van der Waals surface area contributed by atoms with Crippen LogP contribution in [0.4, 0.5) is 0 Å². The highest BCUT2D eigenvalue weighted by molar-refractivity contribution is 6.25. The Balaban J connectivity index is 1.15. The fraction of sp³-hybridized carbons (Fsp3) is 0. The average Bonchev–Trinajstić information content (AvgIpc) is 4.06. The molecule has 0 saturated heterocycles. The summed E-state index contributed by atoms with van der Waals surface area (Å²) >= 11 is 0. The molecule has 0 bridgehead atoms. The van der Waals surface area contributed by atoms with Crippen LogP contribution in [-0.2, 0) is 0 Å². The van der Waals surface area contributed by atoms with Crippen LogP contribution in [0.25, 0.3) is 121 Å². The molecule has 9 aromatic carbocycles. The van der Waals surface area contributed by atoms with E-state index in [0.29, 0.717) is 5.56 Å². The second-order valence-electron chi connectivity index (χ2n) is 15.6. The van der Waals surface area contributed by atoms with Gasteiger partial charge in [-0.2, -0.15) is 5.26 Å². The molecule has 278 valence electrons. The maximum absolute atomic E-state index is 10.4. The molecule has 0 aliphatic heterocycles. The minimum atomic E-state index is 0.603. The van der Waals surface area contributed by atoms with E-state index in [2.05, 4.69) is 149 Å². The topological polar surface area (TPSA) is 59.9 Å². The lowest BCUT2D eigenvalue weighted by Crippen LogP contribution is -2.00. The van der Waals surface area contributed by atoms with Crippen molar-refractivity contribution in [1.82, 2.24) is 9.13 Å². The maximum Gasteiger partial charge on any atom is 0.145 e. The quantitative estimate of drug-likeness (QED) is 0.179. The zero-order chi connectivity index (χ0) is 39.5. The van der Waals surface area contributed by atoms with Gasteiger partial charge in [0.15, 0.2) is 0 Å². The number of furan rings is 2. The van der Waals surface area contributed by atoms with Gasteiger partial charge in [0.05, 0.1) is 44.5 Å². The van der Waals surface area contributed by atoms with E-state index in [1.54, 1.807) is 0 Å². The summed E-state index contributed by atoms with van der Waals surface area (Å²) in [6, 6.07) is 68.3. The Bertz CT molecular complexity index is 3760. The summed E-state index contributed by atoms with van der Waals surface area (Å²) in [5.41, 5.74) is 14.3. The van der Waals surface area contributed by atoms with Gasteiger partial charge in [-0.05, 0) is 107 Å². The molecule has 5 heteroatoms. The standard InChI is InChI=1S/C55H31N3O2/c56-32-33-26-35(34-12-2-1-3-13-34)28-36(27-33)37-29-38(57-46-18-8-4-16-44(46)52-48(57)24-22-42-40-14-6-10-20-50(40)59-54(42)52)31-39(30-37)58-47-19-9-5-17-45(47)53-49(58)25-23-43-41-15-7-11-21-51(41)60-55(43)53/h1-31H. The van der Waals surface area contributed by atoms with Crippen molar-refractivity contribution in [2.45, 2.75) is 0 Å². The number of nitrogens with zero attached hydrogens (tertiary/aromatic N) is 3. The molecule has 60 heavy (non-hydrogen) atoms. The van der Waals surface area contributed by atoms with Gasteiger partial charge in [0.1, 0.15) is 22.3 Å². The zero-order valence-corrected chi connectivity index (χ0v) is 32.1. The molecule has 0 fully saturated rings. The number of rotatable bonds is 4. The average molecular weight is 766 g/mol. The van der Waals surface area contributed by atoms with E-state index in [4.69, 9.17) is 8.83 Å². The first-order valence-corrected chi connectivity index (χ1v) is 20.1. The molecule has 0 aliphatic carbocycles. The van der Waals surface area contributed by atoms with Gasteiger partial charge >= 0.3 is 0 Å². The zero-order valence-electron chi connectivity index (χ0n) is 32.1. The van der Waals surface area contributed by atoms with Gasteiger partial charge in [0.25, 0.3) is 0 Å². The van der Waals surface area contributed by atoms with Crippen molar-refractivity contribution < 1.29 is 8.83 Å². The van der Waals surface area contributed by atoms with Crippen LogP contribution in [0, 0.1) is 11.3 Å². The summed E-state index contributed by atoms with van der Waals surface area (Å²) in [6.07, 6.45) is 0. The Kier molecular flexibility index (Phi) is 6.73. The van der Waals surface area contributed by atoms with Gasteiger partial charge < -0.3 is 18.0 Å². The third-order valence-electron chi connectivity index (χ3n) is 12.3. The molecule has 0 radical (unpaired) electrons. The lowest BCUT2D eigenvalue weighted by atomic mass is 9.95. The summed E-state index contributed by atoms with van der Waals surface area (Å²) in [5, 5.41) is 19.2. The first kappa shape index (κ1) is 32.7. The second-order valence-corrected chi connectivity index (χ2v) is 15.6. The van der Waals surface area contributed by atoms with Gasteiger partial charge in [0.2, 0.25) is 0 Å². The van der Waals surface area contributed by atoms with E-state index >= 15 is 0 Å². The number of hydrogen-bond acceptors (Lipinski definition) is 3. The molecular weight excluding hydrogens is 735 g/mol. The van der Waals surface area contributed by atoms with E-state index in [9.17, 15) is 5.26 Å². The SMILES string of the molecule is N#Cc1cc(-c2ccccc2)cc(-c2cc(-n3c4ccccc4c4c5oc6ccccc6c5ccc43)cc(-n3c4ccccc4c4c5oc6ccccc6c5ccc43)c2)c1. The molecule has 4 aromatic heterocycles. The Morgan fingerprint density at radius 1 is 0.350 bits per heavy atom. The van der Waals surface area contributed by atoms with E-state index in [-0.39, 0.29) is 0 Å². The van der Waals surface area contributed by atoms with Crippen LogP contribution in [0.15, 0.2) is 197 Å². The lowest BCUT2D eigenvalue weighted by Gasteiger charge is -2.16. The number of aromatic nitrogens is 2. The predicted molar refractivity (Wildman–Crippen MR) is 245 cm³/mol. The smallest absolute Gasteiger partial charge is 0.145 e. The molecule has 4 heterocycles. The second kappa shape index (κ2) is 12.3. The Hall–Kier alpha value is -8.33. The van der Waals surface area contributed by atoms with E-state index in [1.165, 1.54) is 0 Å². The van der Waals surface area contributed by atoms with Crippen molar-refractivity contribution in [3.05, 3.63) is 194 Å². The molecular formula is C55H31N3O2. The van der Waals surface area contributed by atoms with Crippen LogP contribution < -0.4 is 0 Å². The molecule has 0 spiro atoms. The van der Waals surface area contributed by atoms with E-state index in [1.807, 2.05) is 54.6 Å². The highest BCUT2D eigenvalue weighted by Gasteiger charge is 2.22. The monoisotopic (exact) mass is 765 g/mol.